The van der Waals surface area contributed by atoms with Crippen LogP contribution in [0.2, 0.25) is 0 Å². The van der Waals surface area contributed by atoms with Crippen molar-refractivity contribution in [3.63, 3.8) is 0 Å². The molecule has 1 aromatic carbocycles. The van der Waals surface area contributed by atoms with Gasteiger partial charge in [-0.25, -0.2) is 0 Å². The lowest BCUT2D eigenvalue weighted by Gasteiger charge is -2.24. The highest BCUT2D eigenvalue weighted by atomic mass is 19.4. The fourth-order valence-corrected chi connectivity index (χ4v) is 2.65. The number of hydrogen-bond acceptors (Lipinski definition) is 2. The van der Waals surface area contributed by atoms with Crippen molar-refractivity contribution in [3.8, 4) is 0 Å². The van der Waals surface area contributed by atoms with Crippen molar-refractivity contribution in [2.24, 2.45) is 0 Å². The molecule has 3 nitrogen and oxygen atoms in total. The molecule has 0 saturated heterocycles. The van der Waals surface area contributed by atoms with Crippen LogP contribution < -0.4 is 0 Å². The van der Waals surface area contributed by atoms with Crippen LogP contribution in [0, 0.1) is 0 Å². The van der Waals surface area contributed by atoms with E-state index in [9.17, 15) is 23.1 Å². The first kappa shape index (κ1) is 16.1. The lowest BCUT2D eigenvalue weighted by atomic mass is 9.96. The number of aliphatic hydroxyl groups excluding tert-OH is 1. The van der Waals surface area contributed by atoms with E-state index in [2.05, 4.69) is 6.58 Å². The smallest absolute Gasteiger partial charge is 0.416 e. The predicted molar refractivity (Wildman–Crippen MR) is 77.0 cm³/mol. The van der Waals surface area contributed by atoms with E-state index in [1.807, 2.05) is 6.92 Å². The van der Waals surface area contributed by atoms with E-state index in [1.54, 1.807) is 6.08 Å². The van der Waals surface area contributed by atoms with E-state index in [-0.39, 0.29) is 12.6 Å². The molecule has 0 bridgehead atoms. The van der Waals surface area contributed by atoms with Crippen LogP contribution in [0.3, 0.4) is 0 Å². The monoisotopic (exact) mass is 311 g/mol. The van der Waals surface area contributed by atoms with E-state index in [4.69, 9.17) is 0 Å². The maximum atomic E-state index is 12.6. The maximum absolute atomic E-state index is 12.6. The number of carbonyl (C=O) groups is 1. The molecule has 1 heterocycles. The van der Waals surface area contributed by atoms with Crippen molar-refractivity contribution < 1.29 is 23.1 Å². The molecule has 1 amide bonds. The lowest BCUT2D eigenvalue weighted by molar-refractivity contribution is -0.137. The third-order valence-electron chi connectivity index (χ3n) is 3.66. The van der Waals surface area contributed by atoms with Gasteiger partial charge < -0.3 is 10.0 Å². The third-order valence-corrected chi connectivity index (χ3v) is 3.66. The molecule has 0 aromatic heterocycles. The van der Waals surface area contributed by atoms with Crippen LogP contribution in [0.15, 0.2) is 42.7 Å². The minimum atomic E-state index is -4.42. The predicted octanol–water partition coefficient (Wildman–Crippen LogP) is 3.78. The number of benzene rings is 1. The minimum absolute atomic E-state index is 0.269. The largest absolute Gasteiger partial charge is 0.503 e. The van der Waals surface area contributed by atoms with Crippen LogP contribution in [0.5, 0.6) is 0 Å². The SMILES string of the molecule is C=CCN1C(=O)C(O)=C(c2ccc(C(F)(F)F)cc2)C1CC. The molecule has 0 aliphatic carbocycles. The fraction of sp³-hybridized carbons (Fsp3) is 0.312. The highest BCUT2D eigenvalue weighted by molar-refractivity contribution is 6.05. The van der Waals surface area contributed by atoms with Gasteiger partial charge in [0.25, 0.3) is 5.91 Å². The van der Waals surface area contributed by atoms with Crippen LogP contribution in [0.4, 0.5) is 13.2 Å². The molecule has 1 atom stereocenters. The number of nitrogens with zero attached hydrogens (tertiary/aromatic N) is 1. The van der Waals surface area contributed by atoms with Crippen molar-refractivity contribution >= 4 is 11.5 Å². The van der Waals surface area contributed by atoms with Crippen LogP contribution >= 0.6 is 0 Å². The summed E-state index contributed by atoms with van der Waals surface area (Å²) in [5, 5.41) is 10.1. The maximum Gasteiger partial charge on any atom is 0.416 e. The first-order valence-electron chi connectivity index (χ1n) is 6.83. The standard InChI is InChI=1S/C16H16F3NO2/c1-3-9-20-12(4-2)13(14(21)15(20)22)10-5-7-11(8-6-10)16(17,18)19/h3,5-8,12,21H,1,4,9H2,2H3. The molecule has 1 aromatic rings. The number of amides is 1. The average molecular weight is 311 g/mol. The molecule has 118 valence electrons. The van der Waals surface area contributed by atoms with Gasteiger partial charge in [-0.05, 0) is 24.1 Å². The van der Waals surface area contributed by atoms with Gasteiger partial charge in [-0.3, -0.25) is 4.79 Å². The van der Waals surface area contributed by atoms with Gasteiger partial charge in [0.05, 0.1) is 11.6 Å². The number of alkyl halides is 3. The van der Waals surface area contributed by atoms with Gasteiger partial charge in [-0.15, -0.1) is 6.58 Å². The number of rotatable bonds is 4. The first-order chi connectivity index (χ1) is 10.3. The molecule has 1 unspecified atom stereocenters. The van der Waals surface area contributed by atoms with E-state index in [0.29, 0.717) is 17.6 Å². The highest BCUT2D eigenvalue weighted by Gasteiger charge is 2.38. The molecular formula is C16H16F3NO2. The summed E-state index contributed by atoms with van der Waals surface area (Å²) in [6, 6.07) is 4.08. The quantitative estimate of drug-likeness (QED) is 0.860. The van der Waals surface area contributed by atoms with Crippen molar-refractivity contribution in [1.29, 1.82) is 0 Å². The summed E-state index contributed by atoms with van der Waals surface area (Å²) in [5.74, 6) is -0.935. The summed E-state index contributed by atoms with van der Waals surface area (Å²) in [7, 11) is 0. The van der Waals surface area contributed by atoms with Gasteiger partial charge in [-0.1, -0.05) is 25.1 Å². The molecule has 22 heavy (non-hydrogen) atoms. The molecule has 0 spiro atoms. The van der Waals surface area contributed by atoms with Gasteiger partial charge in [0.1, 0.15) is 0 Å². The Morgan fingerprint density at radius 2 is 1.91 bits per heavy atom. The molecular weight excluding hydrogens is 295 g/mol. The summed E-state index contributed by atoms with van der Waals surface area (Å²) in [5.41, 5.74) is 0.0111. The second-order valence-electron chi connectivity index (χ2n) is 5.01. The molecule has 1 aliphatic heterocycles. The Kier molecular flexibility index (Phi) is 4.30. The summed E-state index contributed by atoms with van der Waals surface area (Å²) >= 11 is 0. The van der Waals surface area contributed by atoms with E-state index in [1.165, 1.54) is 17.0 Å². The van der Waals surface area contributed by atoms with Crippen molar-refractivity contribution in [3.05, 3.63) is 53.8 Å². The summed E-state index contributed by atoms with van der Waals surface area (Å²) in [6.07, 6.45) is -2.33. The number of aliphatic hydroxyl groups is 1. The molecule has 0 fully saturated rings. The number of carbonyl (C=O) groups excluding carboxylic acids is 1. The van der Waals surface area contributed by atoms with E-state index in [0.717, 1.165) is 12.1 Å². The average Bonchev–Trinajstić information content (AvgIpc) is 2.71. The van der Waals surface area contributed by atoms with Crippen LogP contribution in [0.1, 0.15) is 24.5 Å². The van der Waals surface area contributed by atoms with Crippen molar-refractivity contribution in [2.75, 3.05) is 6.54 Å². The van der Waals surface area contributed by atoms with Crippen molar-refractivity contribution in [1.82, 2.24) is 4.90 Å². The molecule has 2 rings (SSSR count). The Hall–Kier alpha value is -2.24. The summed E-state index contributed by atoms with van der Waals surface area (Å²) in [4.78, 5) is 13.5. The zero-order valence-corrected chi connectivity index (χ0v) is 12.0. The Balaban J connectivity index is 2.42. The summed E-state index contributed by atoms with van der Waals surface area (Å²) < 4.78 is 37.8. The summed E-state index contributed by atoms with van der Waals surface area (Å²) in [6.45, 7) is 5.68. The topological polar surface area (TPSA) is 40.5 Å². The van der Waals surface area contributed by atoms with Gasteiger partial charge in [0.15, 0.2) is 5.76 Å². The lowest BCUT2D eigenvalue weighted by Crippen LogP contribution is -2.35. The number of hydrogen-bond donors (Lipinski definition) is 1. The molecule has 0 saturated carbocycles. The van der Waals surface area contributed by atoms with E-state index < -0.39 is 23.4 Å². The highest BCUT2D eigenvalue weighted by Crippen LogP contribution is 2.36. The Morgan fingerprint density at radius 1 is 1.32 bits per heavy atom. The second kappa shape index (κ2) is 5.87. The Labute approximate surface area is 126 Å². The van der Waals surface area contributed by atoms with Gasteiger partial charge in [-0.2, -0.15) is 13.2 Å². The minimum Gasteiger partial charge on any atom is -0.503 e. The molecule has 0 radical (unpaired) electrons. The fourth-order valence-electron chi connectivity index (χ4n) is 2.65. The first-order valence-corrected chi connectivity index (χ1v) is 6.83. The third kappa shape index (κ3) is 2.73. The Bertz CT molecular complexity index is 617. The normalized spacial score (nSPS) is 19.0. The molecule has 1 aliphatic rings. The van der Waals surface area contributed by atoms with Crippen LogP contribution in [-0.4, -0.2) is 28.5 Å². The van der Waals surface area contributed by atoms with Gasteiger partial charge in [0, 0.05) is 12.1 Å². The van der Waals surface area contributed by atoms with Crippen LogP contribution in [0.25, 0.3) is 5.57 Å². The second-order valence-corrected chi connectivity index (χ2v) is 5.01. The zero-order chi connectivity index (χ0) is 16.5. The van der Waals surface area contributed by atoms with Gasteiger partial charge >= 0.3 is 6.18 Å². The van der Waals surface area contributed by atoms with Gasteiger partial charge in [0.2, 0.25) is 0 Å². The van der Waals surface area contributed by atoms with E-state index >= 15 is 0 Å². The van der Waals surface area contributed by atoms with Crippen LogP contribution in [-0.2, 0) is 11.0 Å². The molecule has 6 heteroatoms. The molecule has 1 N–H and O–H groups in total. The zero-order valence-electron chi connectivity index (χ0n) is 12.0. The van der Waals surface area contributed by atoms with Crippen molar-refractivity contribution in [2.45, 2.75) is 25.6 Å². The number of halogens is 3. The Morgan fingerprint density at radius 3 is 2.36 bits per heavy atom.